The van der Waals surface area contributed by atoms with E-state index in [-0.39, 0.29) is 5.41 Å². The van der Waals surface area contributed by atoms with Crippen molar-refractivity contribution in [1.29, 1.82) is 0 Å². The molecular weight excluding hydrogens is 581 g/mol. The predicted octanol–water partition coefficient (Wildman–Crippen LogP) is 12.5. The first-order valence-electron chi connectivity index (χ1n) is 16.8. The van der Waals surface area contributed by atoms with E-state index in [0.29, 0.717) is 0 Å². The lowest BCUT2D eigenvalue weighted by molar-refractivity contribution is 0.660. The van der Waals surface area contributed by atoms with Gasteiger partial charge in [0, 0.05) is 38.9 Å². The number of hydrogen-bond acceptors (Lipinski definition) is 1. The van der Waals surface area contributed by atoms with Crippen LogP contribution in [0.25, 0.3) is 49.7 Å². The number of fused-ring (bicyclic) bond motifs is 6. The third kappa shape index (κ3) is 4.33. The largest absolute Gasteiger partial charge is 0.310 e. The van der Waals surface area contributed by atoms with Gasteiger partial charge in [-0.2, -0.15) is 0 Å². The Balaban J connectivity index is 1.20. The number of anilines is 3. The molecule has 0 fully saturated rings. The van der Waals surface area contributed by atoms with Gasteiger partial charge in [0.15, 0.2) is 0 Å². The van der Waals surface area contributed by atoms with E-state index in [0.717, 1.165) is 17.1 Å². The molecule has 2 nitrogen and oxygen atoms in total. The van der Waals surface area contributed by atoms with Crippen LogP contribution < -0.4 is 4.90 Å². The van der Waals surface area contributed by atoms with Gasteiger partial charge in [-0.3, -0.25) is 0 Å². The minimum absolute atomic E-state index is 0.0723. The molecule has 0 unspecified atom stereocenters. The molecule has 0 saturated heterocycles. The monoisotopic (exact) mass is 616 g/mol. The minimum Gasteiger partial charge on any atom is -0.310 e. The molecule has 0 bridgehead atoms. The van der Waals surface area contributed by atoms with E-state index in [9.17, 15) is 0 Å². The highest BCUT2D eigenvalue weighted by Crippen LogP contribution is 2.50. The molecule has 0 spiro atoms. The molecule has 1 aliphatic carbocycles. The summed E-state index contributed by atoms with van der Waals surface area (Å²) >= 11 is 0. The molecule has 0 aliphatic heterocycles. The van der Waals surface area contributed by atoms with Crippen LogP contribution in [0.2, 0.25) is 0 Å². The fraction of sp³-hybridized carbons (Fsp3) is 0.0870. The first-order valence-corrected chi connectivity index (χ1v) is 16.8. The summed E-state index contributed by atoms with van der Waals surface area (Å²) in [5.41, 5.74) is 16.1. The third-order valence-electron chi connectivity index (χ3n) is 10.3. The van der Waals surface area contributed by atoms with E-state index >= 15 is 0 Å². The van der Waals surface area contributed by atoms with E-state index in [1.807, 2.05) is 0 Å². The van der Waals surface area contributed by atoms with Crippen molar-refractivity contribution in [3.05, 3.63) is 180 Å². The Bertz CT molecular complexity index is 2480. The van der Waals surface area contributed by atoms with Gasteiger partial charge in [-0.1, -0.05) is 111 Å². The van der Waals surface area contributed by atoms with Crippen molar-refractivity contribution in [2.45, 2.75) is 26.2 Å². The summed E-state index contributed by atoms with van der Waals surface area (Å²) in [4.78, 5) is 2.40. The molecule has 9 rings (SSSR count). The number of aromatic nitrogens is 1. The highest BCUT2D eigenvalue weighted by Gasteiger charge is 2.35. The Hall–Kier alpha value is -5.86. The average molecular weight is 617 g/mol. The minimum atomic E-state index is -0.0723. The topological polar surface area (TPSA) is 8.17 Å². The molecule has 2 heteroatoms. The third-order valence-corrected chi connectivity index (χ3v) is 10.3. The van der Waals surface area contributed by atoms with E-state index in [4.69, 9.17) is 0 Å². The number of rotatable bonds is 5. The van der Waals surface area contributed by atoms with Crippen LogP contribution in [0.1, 0.15) is 30.5 Å². The van der Waals surface area contributed by atoms with E-state index in [2.05, 4.69) is 194 Å². The normalized spacial score (nSPS) is 13.1. The molecule has 1 heterocycles. The molecule has 0 atom stereocenters. The van der Waals surface area contributed by atoms with Crippen LogP contribution in [-0.2, 0) is 5.41 Å². The second-order valence-electron chi connectivity index (χ2n) is 13.5. The van der Waals surface area contributed by atoms with Crippen molar-refractivity contribution in [2.75, 3.05) is 4.90 Å². The molecule has 0 radical (unpaired) electrons. The van der Waals surface area contributed by atoms with Crippen LogP contribution >= 0.6 is 0 Å². The second kappa shape index (κ2) is 10.9. The maximum Gasteiger partial charge on any atom is 0.0541 e. The predicted molar refractivity (Wildman–Crippen MR) is 203 cm³/mol. The summed E-state index contributed by atoms with van der Waals surface area (Å²) in [5.74, 6) is 0. The molecule has 230 valence electrons. The zero-order valence-electron chi connectivity index (χ0n) is 27.5. The maximum atomic E-state index is 2.41. The Morgan fingerprint density at radius 2 is 1.10 bits per heavy atom. The summed E-state index contributed by atoms with van der Waals surface area (Å²) in [6.07, 6.45) is 0. The van der Waals surface area contributed by atoms with Gasteiger partial charge in [-0.15, -0.1) is 0 Å². The van der Waals surface area contributed by atoms with Crippen molar-refractivity contribution >= 4 is 38.9 Å². The lowest BCUT2D eigenvalue weighted by atomic mass is 9.82. The van der Waals surface area contributed by atoms with Crippen molar-refractivity contribution in [3.63, 3.8) is 0 Å². The van der Waals surface area contributed by atoms with Crippen molar-refractivity contribution in [3.8, 4) is 27.9 Å². The standard InChI is InChI=1S/C46H36N2/c1-31-22-24-35(29-40(31)32-23-27-45-41(28-32)39-19-11-13-21-44(39)48(45)34-16-8-5-9-17-34)47(33-14-6-4-7-15-33)36-25-26-38-37-18-10-12-20-42(37)46(2,3)43(38)30-36/h4-30H,1-3H3. The molecule has 48 heavy (non-hydrogen) atoms. The highest BCUT2D eigenvalue weighted by molar-refractivity contribution is 6.10. The van der Waals surface area contributed by atoms with Gasteiger partial charge in [-0.25, -0.2) is 0 Å². The molecule has 7 aromatic carbocycles. The zero-order valence-corrected chi connectivity index (χ0v) is 27.5. The molecule has 8 aromatic rings. The van der Waals surface area contributed by atoms with E-state index < -0.39 is 0 Å². The van der Waals surface area contributed by atoms with Gasteiger partial charge in [0.1, 0.15) is 0 Å². The summed E-state index contributed by atoms with van der Waals surface area (Å²) < 4.78 is 2.38. The lowest BCUT2D eigenvalue weighted by Gasteiger charge is -2.28. The SMILES string of the molecule is Cc1ccc(N(c2ccccc2)c2ccc3c(c2)C(C)(C)c2ccccc2-3)cc1-c1ccc2c(c1)c1ccccc1n2-c1ccccc1. The number of aryl methyl sites for hydroxylation is 1. The molecule has 0 N–H and O–H groups in total. The maximum absolute atomic E-state index is 2.41. The van der Waals surface area contributed by atoms with Crippen LogP contribution in [0.3, 0.4) is 0 Å². The van der Waals surface area contributed by atoms with Crippen LogP contribution in [0, 0.1) is 6.92 Å². The van der Waals surface area contributed by atoms with Gasteiger partial charge in [-0.05, 0) is 113 Å². The highest BCUT2D eigenvalue weighted by atomic mass is 15.1. The van der Waals surface area contributed by atoms with Crippen LogP contribution in [-0.4, -0.2) is 4.57 Å². The molecule has 1 aliphatic rings. The van der Waals surface area contributed by atoms with E-state index in [1.165, 1.54) is 66.4 Å². The summed E-state index contributed by atoms with van der Waals surface area (Å²) in [6.45, 7) is 6.92. The smallest absolute Gasteiger partial charge is 0.0541 e. The Morgan fingerprint density at radius 1 is 0.458 bits per heavy atom. The number of nitrogens with zero attached hydrogens (tertiary/aromatic N) is 2. The summed E-state index contributed by atoms with van der Waals surface area (Å²) in [5, 5.41) is 2.52. The van der Waals surface area contributed by atoms with Gasteiger partial charge in [0.25, 0.3) is 0 Å². The second-order valence-corrected chi connectivity index (χ2v) is 13.5. The molecule has 0 amide bonds. The average Bonchev–Trinajstić information content (AvgIpc) is 3.58. The zero-order chi connectivity index (χ0) is 32.4. The lowest BCUT2D eigenvalue weighted by Crippen LogP contribution is -2.16. The van der Waals surface area contributed by atoms with Crippen LogP contribution in [0.4, 0.5) is 17.1 Å². The van der Waals surface area contributed by atoms with Gasteiger partial charge >= 0.3 is 0 Å². The van der Waals surface area contributed by atoms with Crippen molar-refractivity contribution in [2.24, 2.45) is 0 Å². The number of hydrogen-bond donors (Lipinski definition) is 0. The Labute approximate surface area is 282 Å². The Kier molecular flexibility index (Phi) is 6.42. The van der Waals surface area contributed by atoms with Gasteiger partial charge in [0.05, 0.1) is 11.0 Å². The number of benzene rings is 7. The fourth-order valence-corrected chi connectivity index (χ4v) is 7.91. The quantitative estimate of drug-likeness (QED) is 0.187. The first-order chi connectivity index (χ1) is 23.5. The fourth-order valence-electron chi connectivity index (χ4n) is 7.91. The van der Waals surface area contributed by atoms with Crippen LogP contribution in [0.15, 0.2) is 164 Å². The Morgan fingerprint density at radius 3 is 1.94 bits per heavy atom. The molecule has 1 aromatic heterocycles. The van der Waals surface area contributed by atoms with Gasteiger partial charge < -0.3 is 9.47 Å². The summed E-state index contributed by atoms with van der Waals surface area (Å²) in [6, 6.07) is 59.9. The number of para-hydroxylation sites is 3. The van der Waals surface area contributed by atoms with E-state index in [1.54, 1.807) is 0 Å². The summed E-state index contributed by atoms with van der Waals surface area (Å²) in [7, 11) is 0. The van der Waals surface area contributed by atoms with Crippen molar-refractivity contribution in [1.82, 2.24) is 4.57 Å². The first kappa shape index (κ1) is 28.4. The van der Waals surface area contributed by atoms with Gasteiger partial charge in [0.2, 0.25) is 0 Å². The van der Waals surface area contributed by atoms with Crippen LogP contribution in [0.5, 0.6) is 0 Å². The molecular formula is C46H36N2. The van der Waals surface area contributed by atoms with Crippen molar-refractivity contribution < 1.29 is 0 Å². The molecule has 0 saturated carbocycles.